The van der Waals surface area contributed by atoms with Crippen LogP contribution < -0.4 is 4.90 Å². The number of hydrogen-bond donors (Lipinski definition) is 0. The van der Waals surface area contributed by atoms with Crippen LogP contribution in [0.5, 0.6) is 0 Å². The minimum atomic E-state index is -0.449. The summed E-state index contributed by atoms with van der Waals surface area (Å²) in [5.41, 5.74) is 20.2. The van der Waals surface area contributed by atoms with Crippen molar-refractivity contribution in [3.8, 4) is 55.6 Å². The van der Waals surface area contributed by atoms with E-state index < -0.39 is 5.41 Å². The van der Waals surface area contributed by atoms with Crippen LogP contribution in [0.2, 0.25) is 0 Å². The van der Waals surface area contributed by atoms with Gasteiger partial charge in [-0.25, -0.2) is 0 Å². The molecule has 11 aromatic carbocycles. The molecule has 1 aliphatic carbocycles. The molecule has 1 heteroatoms. The highest BCUT2D eigenvalue weighted by Gasteiger charge is 2.46. The molecule has 0 unspecified atom stereocenters. The zero-order valence-corrected chi connectivity index (χ0v) is 36.4. The fraction of sp³-hybridized carbons (Fsp3) is 0.0154. The molecule has 11 aromatic rings. The monoisotopic (exact) mass is 839 g/mol. The van der Waals surface area contributed by atoms with E-state index >= 15 is 0 Å². The second kappa shape index (κ2) is 16.6. The van der Waals surface area contributed by atoms with Crippen LogP contribution in [-0.2, 0) is 5.41 Å². The lowest BCUT2D eigenvalue weighted by molar-refractivity contribution is 0.768. The highest BCUT2D eigenvalue weighted by molar-refractivity contribution is 5.96. The van der Waals surface area contributed by atoms with Gasteiger partial charge in [0.25, 0.3) is 0 Å². The van der Waals surface area contributed by atoms with E-state index in [0.29, 0.717) is 0 Å². The fourth-order valence-electron chi connectivity index (χ4n) is 10.5. The third-order valence-electron chi connectivity index (χ3n) is 13.6. The van der Waals surface area contributed by atoms with Crippen LogP contribution in [0, 0.1) is 0 Å². The summed E-state index contributed by atoms with van der Waals surface area (Å²) in [5.74, 6) is 0. The summed E-state index contributed by atoms with van der Waals surface area (Å²) >= 11 is 0. The Bertz CT molecular complexity index is 3440. The van der Waals surface area contributed by atoms with Crippen LogP contribution in [0.1, 0.15) is 22.3 Å². The highest BCUT2D eigenvalue weighted by Crippen LogP contribution is 2.58. The predicted molar refractivity (Wildman–Crippen MR) is 278 cm³/mol. The van der Waals surface area contributed by atoms with E-state index in [1.54, 1.807) is 0 Å². The minimum absolute atomic E-state index is 0.449. The molecule has 1 aliphatic rings. The van der Waals surface area contributed by atoms with Gasteiger partial charge in [0.15, 0.2) is 0 Å². The van der Waals surface area contributed by atoms with Crippen molar-refractivity contribution >= 4 is 27.8 Å². The van der Waals surface area contributed by atoms with Gasteiger partial charge in [-0.15, -0.1) is 0 Å². The molecule has 0 atom stereocenters. The Hall–Kier alpha value is -8.52. The van der Waals surface area contributed by atoms with Crippen molar-refractivity contribution in [3.63, 3.8) is 0 Å². The molecule has 0 aliphatic heterocycles. The van der Waals surface area contributed by atoms with E-state index in [0.717, 1.165) is 17.1 Å². The molecule has 0 radical (unpaired) electrons. The number of nitrogens with zero attached hydrogens (tertiary/aromatic N) is 1. The Kier molecular flexibility index (Phi) is 9.81. The minimum Gasteiger partial charge on any atom is -0.311 e. The molecule has 0 bridgehead atoms. The quantitative estimate of drug-likeness (QED) is 0.140. The van der Waals surface area contributed by atoms with Crippen LogP contribution in [0.4, 0.5) is 17.1 Å². The van der Waals surface area contributed by atoms with E-state index in [1.165, 1.54) is 88.7 Å². The first-order valence-electron chi connectivity index (χ1n) is 22.8. The summed E-state index contributed by atoms with van der Waals surface area (Å²) in [6.45, 7) is 0. The Morgan fingerprint density at radius 3 is 1.26 bits per heavy atom. The smallest absolute Gasteiger partial charge is 0.0713 e. The molecule has 0 aromatic heterocycles. The highest BCUT2D eigenvalue weighted by atomic mass is 15.1. The number of anilines is 3. The van der Waals surface area contributed by atoms with Crippen molar-refractivity contribution in [2.75, 3.05) is 4.90 Å². The van der Waals surface area contributed by atoms with Gasteiger partial charge < -0.3 is 4.90 Å². The molecule has 0 amide bonds. The van der Waals surface area contributed by atoms with E-state index in [2.05, 4.69) is 278 Å². The maximum absolute atomic E-state index is 2.37. The third-order valence-corrected chi connectivity index (χ3v) is 13.6. The second-order valence-corrected chi connectivity index (χ2v) is 17.2. The molecule has 0 saturated heterocycles. The van der Waals surface area contributed by atoms with Crippen molar-refractivity contribution in [3.05, 3.63) is 295 Å². The Balaban J connectivity index is 0.954. The molecule has 0 N–H and O–H groups in total. The van der Waals surface area contributed by atoms with Crippen molar-refractivity contribution in [2.24, 2.45) is 0 Å². The van der Waals surface area contributed by atoms with Crippen LogP contribution >= 0.6 is 0 Å². The van der Waals surface area contributed by atoms with Gasteiger partial charge >= 0.3 is 0 Å². The summed E-state index contributed by atoms with van der Waals surface area (Å²) in [6, 6.07) is 99.9. The van der Waals surface area contributed by atoms with E-state index in [-0.39, 0.29) is 0 Å². The first kappa shape index (κ1) is 39.1. The van der Waals surface area contributed by atoms with E-state index in [1.807, 2.05) is 0 Å². The van der Waals surface area contributed by atoms with Gasteiger partial charge in [-0.2, -0.15) is 0 Å². The molecule has 1 nitrogen and oxygen atoms in total. The largest absolute Gasteiger partial charge is 0.311 e. The van der Waals surface area contributed by atoms with E-state index in [9.17, 15) is 0 Å². The third kappa shape index (κ3) is 6.73. The average Bonchev–Trinajstić information content (AvgIpc) is 3.71. The van der Waals surface area contributed by atoms with Gasteiger partial charge in [-0.05, 0) is 137 Å². The summed E-state index contributed by atoms with van der Waals surface area (Å²) in [5, 5.41) is 2.49. The van der Waals surface area contributed by atoms with Gasteiger partial charge in [-0.3, -0.25) is 0 Å². The van der Waals surface area contributed by atoms with Crippen LogP contribution in [0.15, 0.2) is 273 Å². The fourth-order valence-corrected chi connectivity index (χ4v) is 10.5. The molecule has 66 heavy (non-hydrogen) atoms. The zero-order valence-electron chi connectivity index (χ0n) is 36.4. The molecule has 0 fully saturated rings. The molecule has 0 spiro atoms. The molecular formula is C65H45N. The predicted octanol–water partition coefficient (Wildman–Crippen LogP) is 17.3. The van der Waals surface area contributed by atoms with Gasteiger partial charge in [-0.1, -0.05) is 224 Å². The zero-order chi connectivity index (χ0) is 43.9. The second-order valence-electron chi connectivity index (χ2n) is 17.2. The Morgan fingerprint density at radius 2 is 0.652 bits per heavy atom. The molecule has 310 valence electrons. The Labute approximate surface area is 387 Å². The standard InChI is InChI=1S/C65H45N/c1-4-16-46(17-5-1)52-20-14-21-53(44-52)48-32-38-57(39-33-48)66(58-40-34-49(35-41-58)54-31-30-47-18-10-11-19-51(47)45-54)59-42-36-50(37-43-59)60-27-15-29-63-64(60)61-26-12-13-28-62(61)65(63,55-22-6-2-7-23-55)56-24-8-3-9-25-56/h1-45H. The van der Waals surface area contributed by atoms with Crippen molar-refractivity contribution in [1.29, 1.82) is 0 Å². The average molecular weight is 840 g/mol. The molecule has 0 saturated carbocycles. The summed E-state index contributed by atoms with van der Waals surface area (Å²) in [7, 11) is 0. The summed E-state index contributed by atoms with van der Waals surface area (Å²) in [6.07, 6.45) is 0. The van der Waals surface area contributed by atoms with Crippen molar-refractivity contribution < 1.29 is 0 Å². The number of benzene rings is 11. The molecule has 0 heterocycles. The van der Waals surface area contributed by atoms with Gasteiger partial charge in [0.1, 0.15) is 0 Å². The molecule has 12 rings (SSSR count). The lowest BCUT2D eigenvalue weighted by Crippen LogP contribution is -2.28. The van der Waals surface area contributed by atoms with E-state index in [4.69, 9.17) is 0 Å². The lowest BCUT2D eigenvalue weighted by atomic mass is 9.67. The van der Waals surface area contributed by atoms with Crippen LogP contribution in [-0.4, -0.2) is 0 Å². The van der Waals surface area contributed by atoms with Crippen LogP contribution in [0.3, 0.4) is 0 Å². The molecular weight excluding hydrogens is 795 g/mol. The van der Waals surface area contributed by atoms with Gasteiger partial charge in [0, 0.05) is 17.1 Å². The normalized spacial score (nSPS) is 12.4. The number of fused-ring (bicyclic) bond motifs is 4. The first-order valence-corrected chi connectivity index (χ1v) is 22.8. The first-order chi connectivity index (χ1) is 32.7. The van der Waals surface area contributed by atoms with Crippen LogP contribution in [0.25, 0.3) is 66.4 Å². The van der Waals surface area contributed by atoms with Crippen molar-refractivity contribution in [2.45, 2.75) is 5.41 Å². The number of hydrogen-bond acceptors (Lipinski definition) is 1. The maximum atomic E-state index is 2.37. The van der Waals surface area contributed by atoms with Gasteiger partial charge in [0.2, 0.25) is 0 Å². The maximum Gasteiger partial charge on any atom is 0.0713 e. The van der Waals surface area contributed by atoms with Gasteiger partial charge in [0.05, 0.1) is 5.41 Å². The Morgan fingerprint density at radius 1 is 0.242 bits per heavy atom. The van der Waals surface area contributed by atoms with Crippen molar-refractivity contribution in [1.82, 2.24) is 0 Å². The summed E-state index contributed by atoms with van der Waals surface area (Å²) < 4.78 is 0. The summed E-state index contributed by atoms with van der Waals surface area (Å²) in [4.78, 5) is 2.37. The number of rotatable bonds is 9. The lowest BCUT2D eigenvalue weighted by Gasteiger charge is -2.34. The SMILES string of the molecule is c1ccc(-c2cccc(-c3ccc(N(c4ccc(-c5ccc6ccccc6c5)cc4)c4ccc(-c5cccc6c5-c5ccccc5C6(c5ccccc5)c5ccccc5)cc4)cc3)c2)cc1. The topological polar surface area (TPSA) is 3.24 Å².